The summed E-state index contributed by atoms with van der Waals surface area (Å²) in [5, 5.41) is -0.321. The lowest BCUT2D eigenvalue weighted by Gasteiger charge is -2.34. The molecule has 6 heteroatoms. The highest BCUT2D eigenvalue weighted by atomic mass is 32.2. The van der Waals surface area contributed by atoms with Gasteiger partial charge in [0.05, 0.1) is 0 Å². The second-order valence-electron chi connectivity index (χ2n) is 4.93. The first-order chi connectivity index (χ1) is 7.29. The molecule has 1 saturated heterocycles. The van der Waals surface area contributed by atoms with E-state index in [9.17, 15) is 13.6 Å². The highest BCUT2D eigenvalue weighted by molar-refractivity contribution is 7.79. The maximum absolute atomic E-state index is 11.6. The van der Waals surface area contributed by atoms with Gasteiger partial charge in [0.1, 0.15) is 5.60 Å². The van der Waals surface area contributed by atoms with Crippen molar-refractivity contribution in [1.82, 2.24) is 4.90 Å². The van der Waals surface area contributed by atoms with E-state index >= 15 is 0 Å². The first-order valence-corrected chi connectivity index (χ1v) is 6.49. The standard InChI is InChI=1S/C10H19NO4S/c1-10(2,3)15-9(12)11-6-4-8(5-7-11)16(13)14/h8H,4-7H2,1-3H3,(H,13,14)/p-1. The number of hydrogen-bond acceptors (Lipinski definition) is 4. The molecular formula is C10H18NO4S-. The highest BCUT2D eigenvalue weighted by Crippen LogP contribution is 2.17. The quantitative estimate of drug-likeness (QED) is 0.655. The molecule has 1 atom stereocenters. The van der Waals surface area contributed by atoms with Gasteiger partial charge in [0.25, 0.3) is 0 Å². The minimum atomic E-state index is -2.03. The number of carbonyl (C=O) groups excluding carboxylic acids is 1. The van der Waals surface area contributed by atoms with E-state index in [-0.39, 0.29) is 11.3 Å². The predicted molar refractivity (Wildman–Crippen MR) is 59.7 cm³/mol. The predicted octanol–water partition coefficient (Wildman–Crippen LogP) is 1.27. The van der Waals surface area contributed by atoms with Crippen molar-refractivity contribution in [3.05, 3.63) is 0 Å². The van der Waals surface area contributed by atoms with E-state index in [1.54, 1.807) is 4.90 Å². The van der Waals surface area contributed by atoms with Gasteiger partial charge >= 0.3 is 6.09 Å². The number of carbonyl (C=O) groups is 1. The third kappa shape index (κ3) is 4.09. The summed E-state index contributed by atoms with van der Waals surface area (Å²) in [7, 11) is 0. The summed E-state index contributed by atoms with van der Waals surface area (Å²) < 4.78 is 26.7. The van der Waals surface area contributed by atoms with Crippen LogP contribution < -0.4 is 0 Å². The summed E-state index contributed by atoms with van der Waals surface area (Å²) in [5.74, 6) is 0. The number of likely N-dealkylation sites (tertiary alicyclic amines) is 1. The normalized spacial score (nSPS) is 20.6. The van der Waals surface area contributed by atoms with Crippen molar-refractivity contribution in [3.8, 4) is 0 Å². The number of piperidine rings is 1. The van der Waals surface area contributed by atoms with Crippen LogP contribution in [0.3, 0.4) is 0 Å². The Kier molecular flexibility index (Phi) is 4.32. The van der Waals surface area contributed by atoms with Crippen LogP contribution in [0.4, 0.5) is 4.79 Å². The smallest absolute Gasteiger partial charge is 0.410 e. The molecule has 0 spiro atoms. The van der Waals surface area contributed by atoms with Crippen molar-refractivity contribution in [2.24, 2.45) is 0 Å². The molecule has 1 heterocycles. The summed E-state index contributed by atoms with van der Waals surface area (Å²) in [5.41, 5.74) is -0.505. The molecule has 0 aromatic carbocycles. The molecule has 0 saturated carbocycles. The topological polar surface area (TPSA) is 69.7 Å². The third-order valence-electron chi connectivity index (χ3n) is 2.37. The van der Waals surface area contributed by atoms with Crippen molar-refractivity contribution in [1.29, 1.82) is 0 Å². The average Bonchev–Trinajstić information content (AvgIpc) is 2.15. The number of ether oxygens (including phenoxy) is 1. The van der Waals surface area contributed by atoms with Gasteiger partial charge < -0.3 is 14.2 Å². The molecule has 16 heavy (non-hydrogen) atoms. The number of hydrogen-bond donors (Lipinski definition) is 0. The fourth-order valence-electron chi connectivity index (χ4n) is 1.56. The molecule has 1 aliphatic heterocycles. The van der Waals surface area contributed by atoms with E-state index in [4.69, 9.17) is 4.74 Å². The lowest BCUT2D eigenvalue weighted by atomic mass is 10.1. The van der Waals surface area contributed by atoms with Gasteiger partial charge in [-0.3, -0.25) is 4.21 Å². The molecule has 0 bridgehead atoms. The zero-order valence-corrected chi connectivity index (χ0v) is 10.7. The first kappa shape index (κ1) is 13.4. The molecule has 5 nitrogen and oxygen atoms in total. The van der Waals surface area contributed by atoms with Gasteiger partial charge in [0.2, 0.25) is 0 Å². The molecule has 0 N–H and O–H groups in total. The van der Waals surface area contributed by atoms with Gasteiger partial charge in [-0.15, -0.1) is 0 Å². The van der Waals surface area contributed by atoms with Gasteiger partial charge in [0.15, 0.2) is 0 Å². The maximum atomic E-state index is 11.6. The van der Waals surface area contributed by atoms with E-state index in [2.05, 4.69) is 0 Å². The van der Waals surface area contributed by atoms with E-state index in [0.29, 0.717) is 25.9 Å². The fourth-order valence-corrected chi connectivity index (χ4v) is 2.15. The van der Waals surface area contributed by atoms with E-state index in [1.165, 1.54) is 0 Å². The van der Waals surface area contributed by atoms with Crippen LogP contribution in [0.2, 0.25) is 0 Å². The number of amides is 1. The summed E-state index contributed by atoms with van der Waals surface area (Å²) in [4.78, 5) is 13.2. The Morgan fingerprint density at radius 2 is 1.88 bits per heavy atom. The Morgan fingerprint density at radius 1 is 1.38 bits per heavy atom. The third-order valence-corrected chi connectivity index (χ3v) is 3.38. The van der Waals surface area contributed by atoms with Gasteiger partial charge in [-0.05, 0) is 33.6 Å². The second-order valence-corrected chi connectivity index (χ2v) is 6.11. The number of rotatable bonds is 1. The summed E-state index contributed by atoms with van der Waals surface area (Å²) in [6.07, 6.45) is 0.632. The van der Waals surface area contributed by atoms with Crippen LogP contribution in [0, 0.1) is 0 Å². The first-order valence-electron chi connectivity index (χ1n) is 5.35. The Morgan fingerprint density at radius 3 is 2.25 bits per heavy atom. The second kappa shape index (κ2) is 5.14. The zero-order valence-electron chi connectivity index (χ0n) is 9.89. The monoisotopic (exact) mass is 248 g/mol. The molecule has 0 radical (unpaired) electrons. The van der Waals surface area contributed by atoms with Gasteiger partial charge in [0, 0.05) is 18.3 Å². The largest absolute Gasteiger partial charge is 0.772 e. The van der Waals surface area contributed by atoms with E-state index in [1.807, 2.05) is 20.8 Å². The molecule has 1 rings (SSSR count). The van der Waals surface area contributed by atoms with Crippen LogP contribution in [0.5, 0.6) is 0 Å². The molecule has 1 fully saturated rings. The molecule has 1 amide bonds. The zero-order chi connectivity index (χ0) is 12.3. The summed E-state index contributed by atoms with van der Waals surface area (Å²) >= 11 is -2.03. The summed E-state index contributed by atoms with van der Waals surface area (Å²) in [6.45, 7) is 6.33. The Labute approximate surface area is 98.4 Å². The minimum absolute atomic E-state index is 0.321. The maximum Gasteiger partial charge on any atom is 0.410 e. The molecule has 0 aliphatic carbocycles. The van der Waals surface area contributed by atoms with Crippen molar-refractivity contribution >= 4 is 17.2 Å². The Balaban J connectivity index is 2.42. The van der Waals surface area contributed by atoms with Gasteiger partial charge in [-0.25, -0.2) is 4.79 Å². The highest BCUT2D eigenvalue weighted by Gasteiger charge is 2.26. The van der Waals surface area contributed by atoms with Gasteiger partial charge in [-0.1, -0.05) is 11.1 Å². The van der Waals surface area contributed by atoms with Gasteiger partial charge in [-0.2, -0.15) is 0 Å². The Bertz CT molecular complexity index is 279. The minimum Gasteiger partial charge on any atom is -0.772 e. The van der Waals surface area contributed by atoms with Crippen LogP contribution in [0.15, 0.2) is 0 Å². The lowest BCUT2D eigenvalue weighted by molar-refractivity contribution is 0.0217. The molecule has 0 aromatic rings. The number of nitrogens with zero attached hydrogens (tertiary/aromatic N) is 1. The molecular weight excluding hydrogens is 230 g/mol. The van der Waals surface area contributed by atoms with Crippen molar-refractivity contribution in [2.45, 2.75) is 44.5 Å². The SMILES string of the molecule is CC(C)(C)OC(=O)N1CCC(S(=O)[O-])CC1. The van der Waals surface area contributed by atoms with Crippen LogP contribution >= 0.6 is 0 Å². The van der Waals surface area contributed by atoms with Crippen molar-refractivity contribution in [3.63, 3.8) is 0 Å². The molecule has 1 aliphatic rings. The average molecular weight is 248 g/mol. The Hall–Kier alpha value is -0.620. The van der Waals surface area contributed by atoms with Crippen molar-refractivity contribution in [2.75, 3.05) is 13.1 Å². The van der Waals surface area contributed by atoms with Crippen LogP contribution in [0.1, 0.15) is 33.6 Å². The van der Waals surface area contributed by atoms with Crippen LogP contribution in [-0.2, 0) is 15.8 Å². The molecule has 0 aromatic heterocycles. The fraction of sp³-hybridized carbons (Fsp3) is 0.900. The van der Waals surface area contributed by atoms with Crippen LogP contribution in [0.25, 0.3) is 0 Å². The molecule has 1 unspecified atom stereocenters. The van der Waals surface area contributed by atoms with E-state index in [0.717, 1.165) is 0 Å². The summed E-state index contributed by atoms with van der Waals surface area (Å²) in [6, 6.07) is 0. The lowest BCUT2D eigenvalue weighted by Crippen LogP contribution is -2.43. The van der Waals surface area contributed by atoms with Crippen LogP contribution in [-0.4, -0.2) is 43.7 Å². The van der Waals surface area contributed by atoms with Crippen molar-refractivity contribution < 1.29 is 18.3 Å². The van der Waals surface area contributed by atoms with E-state index < -0.39 is 16.7 Å². The molecule has 94 valence electrons.